The van der Waals surface area contributed by atoms with Gasteiger partial charge in [0.2, 0.25) is 0 Å². The molecular weight excluding hydrogens is 351 g/mol. The number of aliphatic hydroxyl groups excluding tert-OH is 1. The summed E-state index contributed by atoms with van der Waals surface area (Å²) in [5, 5.41) is 17.0. The molecule has 4 aromatic heterocycles. The van der Waals surface area contributed by atoms with E-state index in [4.69, 9.17) is 0 Å². The molecule has 0 spiro atoms. The van der Waals surface area contributed by atoms with Crippen molar-refractivity contribution in [1.82, 2.24) is 29.3 Å². The Labute approximate surface area is 150 Å². The zero-order valence-electron chi connectivity index (χ0n) is 14.3. The number of imidazole rings is 1. The highest BCUT2D eigenvalue weighted by molar-refractivity contribution is 6.07. The largest absolute Gasteiger partial charge is 0.395 e. The lowest BCUT2D eigenvalue weighted by Gasteiger charge is -2.11. The van der Waals surface area contributed by atoms with E-state index in [2.05, 4.69) is 20.2 Å². The van der Waals surface area contributed by atoms with Crippen molar-refractivity contribution in [2.45, 2.75) is 13.5 Å². The lowest BCUT2D eigenvalue weighted by molar-refractivity contribution is 0.276. The molecular formula is C18H15FN6O2. The van der Waals surface area contributed by atoms with Crippen LogP contribution in [0.5, 0.6) is 0 Å². The molecule has 0 saturated carbocycles. The molecule has 8 nitrogen and oxygen atoms in total. The van der Waals surface area contributed by atoms with Crippen molar-refractivity contribution in [3.05, 3.63) is 52.5 Å². The number of aliphatic hydroxyl groups is 1. The molecule has 5 rings (SSSR count). The number of aromatic amines is 2. The Kier molecular flexibility index (Phi) is 3.22. The van der Waals surface area contributed by atoms with Gasteiger partial charge in [0, 0.05) is 5.39 Å². The Morgan fingerprint density at radius 2 is 2.07 bits per heavy atom. The number of nitrogens with one attached hydrogen (secondary N) is 2. The Morgan fingerprint density at radius 3 is 2.89 bits per heavy atom. The molecule has 0 atom stereocenters. The maximum Gasteiger partial charge on any atom is 0.327 e. The number of hydrogen-bond donors (Lipinski definition) is 3. The van der Waals surface area contributed by atoms with Gasteiger partial charge in [-0.3, -0.25) is 14.6 Å². The van der Waals surface area contributed by atoms with Gasteiger partial charge >= 0.3 is 5.69 Å². The molecule has 5 aromatic rings. The fourth-order valence-corrected chi connectivity index (χ4v) is 3.65. The molecule has 9 heteroatoms. The van der Waals surface area contributed by atoms with E-state index in [1.54, 1.807) is 12.3 Å². The molecule has 4 heterocycles. The van der Waals surface area contributed by atoms with Gasteiger partial charge in [-0.05, 0) is 31.2 Å². The minimum atomic E-state index is -0.330. The van der Waals surface area contributed by atoms with Gasteiger partial charge in [0.1, 0.15) is 5.82 Å². The van der Waals surface area contributed by atoms with Crippen LogP contribution in [0, 0.1) is 12.7 Å². The normalized spacial score (nSPS) is 12.0. The zero-order valence-corrected chi connectivity index (χ0v) is 14.3. The number of aromatic nitrogens is 6. The van der Waals surface area contributed by atoms with E-state index < -0.39 is 0 Å². The van der Waals surface area contributed by atoms with Crippen LogP contribution in [0.15, 0.2) is 35.3 Å². The minimum Gasteiger partial charge on any atom is -0.395 e. The molecule has 1 aromatic carbocycles. The summed E-state index contributed by atoms with van der Waals surface area (Å²) in [6.45, 7) is 1.85. The van der Waals surface area contributed by atoms with E-state index in [-0.39, 0.29) is 24.7 Å². The van der Waals surface area contributed by atoms with Gasteiger partial charge in [0.05, 0.1) is 52.8 Å². The van der Waals surface area contributed by atoms with Crippen LogP contribution in [-0.4, -0.2) is 41.0 Å². The molecule has 0 unspecified atom stereocenters. The van der Waals surface area contributed by atoms with Crippen LogP contribution in [0.2, 0.25) is 0 Å². The highest BCUT2D eigenvalue weighted by Gasteiger charge is 2.18. The number of aryl methyl sites for hydroxylation is 1. The van der Waals surface area contributed by atoms with Crippen LogP contribution < -0.4 is 5.69 Å². The first-order chi connectivity index (χ1) is 13.1. The second-order valence-corrected chi connectivity index (χ2v) is 6.39. The Bertz CT molecular complexity index is 1390. The third-order valence-corrected chi connectivity index (χ3v) is 4.82. The summed E-state index contributed by atoms with van der Waals surface area (Å²) in [6, 6.07) is 6.43. The summed E-state index contributed by atoms with van der Waals surface area (Å²) in [5.41, 5.74) is 4.49. The van der Waals surface area contributed by atoms with Gasteiger partial charge < -0.3 is 9.67 Å². The van der Waals surface area contributed by atoms with E-state index in [0.717, 1.165) is 22.2 Å². The number of H-pyrrole nitrogens is 2. The first-order valence-corrected chi connectivity index (χ1v) is 8.43. The number of benzene rings is 1. The molecule has 0 bridgehead atoms. The van der Waals surface area contributed by atoms with Crippen LogP contribution >= 0.6 is 0 Å². The van der Waals surface area contributed by atoms with Gasteiger partial charge in [0.15, 0.2) is 5.65 Å². The van der Waals surface area contributed by atoms with Crippen molar-refractivity contribution < 1.29 is 9.50 Å². The van der Waals surface area contributed by atoms with Gasteiger partial charge in [-0.15, -0.1) is 0 Å². The summed E-state index contributed by atoms with van der Waals surface area (Å²) in [6.07, 6.45) is 1.68. The van der Waals surface area contributed by atoms with Crippen LogP contribution in [0.3, 0.4) is 0 Å². The fraction of sp³-hybridized carbons (Fsp3) is 0.167. The van der Waals surface area contributed by atoms with Crippen LogP contribution in [0.25, 0.3) is 38.8 Å². The molecule has 0 amide bonds. The maximum absolute atomic E-state index is 13.8. The number of fused-ring (bicyclic) bond motifs is 4. The van der Waals surface area contributed by atoms with Crippen molar-refractivity contribution in [2.75, 3.05) is 6.61 Å². The highest BCUT2D eigenvalue weighted by atomic mass is 19.1. The standard InChI is InChI=1S/C18H15FN6O2/c1-9-13(7-14-17(21-9)22-18(27)24(14)4-5-26)25-12-3-2-10(19)6-11(12)16-15(25)8-20-23-16/h2-3,6-8,26H,4-5H2,1H3,(H,20,23)(H,21,22,27). The second-order valence-electron chi connectivity index (χ2n) is 6.39. The average molecular weight is 366 g/mol. The van der Waals surface area contributed by atoms with Gasteiger partial charge in [0.25, 0.3) is 0 Å². The summed E-state index contributed by atoms with van der Waals surface area (Å²) < 4.78 is 17.2. The summed E-state index contributed by atoms with van der Waals surface area (Å²) in [7, 11) is 0. The molecule has 27 heavy (non-hydrogen) atoms. The number of hydrogen-bond acceptors (Lipinski definition) is 4. The Balaban J connectivity index is 1.90. The van der Waals surface area contributed by atoms with Crippen LogP contribution in [0.1, 0.15) is 5.69 Å². The molecule has 0 radical (unpaired) electrons. The summed E-state index contributed by atoms with van der Waals surface area (Å²) in [5.74, 6) is -0.330. The van der Waals surface area contributed by atoms with Crippen molar-refractivity contribution in [1.29, 1.82) is 0 Å². The number of rotatable bonds is 3. The third kappa shape index (κ3) is 2.15. The predicted octanol–water partition coefficient (Wildman–Crippen LogP) is 1.98. The molecule has 0 aliphatic rings. The lowest BCUT2D eigenvalue weighted by Crippen LogP contribution is -2.18. The second kappa shape index (κ2) is 5.52. The fourth-order valence-electron chi connectivity index (χ4n) is 3.65. The van der Waals surface area contributed by atoms with Crippen molar-refractivity contribution in [3.8, 4) is 5.69 Å². The van der Waals surface area contributed by atoms with E-state index in [1.165, 1.54) is 16.7 Å². The van der Waals surface area contributed by atoms with Gasteiger partial charge in [-0.1, -0.05) is 0 Å². The Hall–Kier alpha value is -3.46. The zero-order chi connectivity index (χ0) is 18.7. The van der Waals surface area contributed by atoms with E-state index >= 15 is 0 Å². The topological polar surface area (TPSA) is 105 Å². The molecule has 0 aliphatic carbocycles. The van der Waals surface area contributed by atoms with Gasteiger partial charge in [-0.25, -0.2) is 14.2 Å². The third-order valence-electron chi connectivity index (χ3n) is 4.82. The number of halogens is 1. The molecule has 0 fully saturated rings. The molecule has 0 aliphatic heterocycles. The number of nitrogens with zero attached hydrogens (tertiary/aromatic N) is 4. The highest BCUT2D eigenvalue weighted by Crippen LogP contribution is 2.32. The number of pyridine rings is 1. The quantitative estimate of drug-likeness (QED) is 0.454. The smallest absolute Gasteiger partial charge is 0.327 e. The van der Waals surface area contributed by atoms with Crippen LogP contribution in [0.4, 0.5) is 4.39 Å². The Morgan fingerprint density at radius 1 is 1.22 bits per heavy atom. The lowest BCUT2D eigenvalue weighted by atomic mass is 10.2. The first kappa shape index (κ1) is 15.8. The van der Waals surface area contributed by atoms with E-state index in [0.29, 0.717) is 22.2 Å². The van der Waals surface area contributed by atoms with Crippen molar-refractivity contribution in [2.24, 2.45) is 0 Å². The van der Waals surface area contributed by atoms with Crippen LogP contribution in [-0.2, 0) is 6.54 Å². The predicted molar refractivity (Wildman–Crippen MR) is 98.6 cm³/mol. The SMILES string of the molecule is Cc1nc2[nH]c(=O)n(CCO)c2cc1-n1c2ccc(F)cc2c2[nH]ncc21. The van der Waals surface area contributed by atoms with E-state index in [1.807, 2.05) is 17.6 Å². The molecule has 136 valence electrons. The summed E-state index contributed by atoms with van der Waals surface area (Å²) in [4.78, 5) is 19.4. The molecule has 3 N–H and O–H groups in total. The average Bonchev–Trinajstić information content (AvgIpc) is 3.29. The van der Waals surface area contributed by atoms with Gasteiger partial charge in [-0.2, -0.15) is 5.10 Å². The van der Waals surface area contributed by atoms with Crippen molar-refractivity contribution >= 4 is 33.1 Å². The van der Waals surface area contributed by atoms with E-state index in [9.17, 15) is 14.3 Å². The first-order valence-electron chi connectivity index (χ1n) is 8.43. The minimum absolute atomic E-state index is 0.159. The van der Waals surface area contributed by atoms with Crippen molar-refractivity contribution in [3.63, 3.8) is 0 Å². The molecule has 0 saturated heterocycles. The maximum atomic E-state index is 13.8. The summed E-state index contributed by atoms with van der Waals surface area (Å²) >= 11 is 0. The monoisotopic (exact) mass is 366 g/mol.